The lowest BCUT2D eigenvalue weighted by molar-refractivity contribution is 0.122. The summed E-state index contributed by atoms with van der Waals surface area (Å²) in [7, 11) is 5.80. The van der Waals surface area contributed by atoms with Crippen LogP contribution in [0, 0.1) is 5.41 Å². The van der Waals surface area contributed by atoms with Crippen LogP contribution in [-0.4, -0.2) is 27.0 Å². The van der Waals surface area contributed by atoms with E-state index in [9.17, 15) is 0 Å². The van der Waals surface area contributed by atoms with Crippen molar-refractivity contribution in [3.63, 3.8) is 0 Å². The van der Waals surface area contributed by atoms with Crippen LogP contribution in [0.2, 0.25) is 0 Å². The first-order valence-electron chi connectivity index (χ1n) is 10.0. The first kappa shape index (κ1) is 17.8. The van der Waals surface area contributed by atoms with Crippen molar-refractivity contribution >= 4 is 13.3 Å². The number of benzene rings is 2. The molecule has 2 N–H and O–H groups in total. The first-order valence-corrected chi connectivity index (χ1v) is 10.0. The highest BCUT2D eigenvalue weighted by Crippen LogP contribution is 2.44. The predicted octanol–water partition coefficient (Wildman–Crippen LogP) is 3.45. The zero-order chi connectivity index (χ0) is 18.0. The Morgan fingerprint density at radius 2 is 1.77 bits per heavy atom. The summed E-state index contributed by atoms with van der Waals surface area (Å²) in [5, 5.41) is 7.63. The van der Waals surface area contributed by atoms with Crippen LogP contribution in [0.1, 0.15) is 55.7 Å². The molecule has 2 fully saturated rings. The first-order chi connectivity index (χ1) is 12.7. The van der Waals surface area contributed by atoms with Crippen LogP contribution >= 0.6 is 0 Å². The van der Waals surface area contributed by atoms with Gasteiger partial charge in [0.15, 0.2) is 0 Å². The molecule has 0 aromatic heterocycles. The summed E-state index contributed by atoms with van der Waals surface area (Å²) in [5.41, 5.74) is 4.07. The van der Waals surface area contributed by atoms with Gasteiger partial charge in [-0.1, -0.05) is 66.5 Å². The Kier molecular flexibility index (Phi) is 5.19. The van der Waals surface area contributed by atoms with E-state index in [4.69, 9.17) is 7.85 Å². The second-order valence-electron chi connectivity index (χ2n) is 8.36. The van der Waals surface area contributed by atoms with Crippen LogP contribution in [-0.2, 0) is 0 Å². The van der Waals surface area contributed by atoms with Crippen LogP contribution in [0.5, 0.6) is 0 Å². The minimum atomic E-state index is 0.367. The van der Waals surface area contributed by atoms with Gasteiger partial charge in [0.05, 0.1) is 0 Å². The molecule has 3 heteroatoms. The fourth-order valence-corrected chi connectivity index (χ4v) is 4.20. The third-order valence-corrected chi connectivity index (χ3v) is 6.39. The summed E-state index contributed by atoms with van der Waals surface area (Å²) in [4.78, 5) is 0. The molecule has 2 radical (unpaired) electrons. The molecular formula is C23H29BN2. The number of hydrogen-bond acceptors (Lipinski definition) is 2. The molecule has 3 atom stereocenters. The Balaban J connectivity index is 1.26. The van der Waals surface area contributed by atoms with Gasteiger partial charge < -0.3 is 10.6 Å². The van der Waals surface area contributed by atoms with E-state index in [1.165, 1.54) is 36.8 Å². The molecule has 2 nitrogen and oxygen atoms in total. The standard InChI is InChI=1S/C23H29BN2/c1-17(18-8-10-20(24)11-9-18)25-15-23(12-5-13-23)16-26-22-14-21(22)19-6-3-2-4-7-19/h2-4,6-11,17,21-22,25-26H,5,12-16H2,1H3/t17?,21-,22+/m1/s1. The van der Waals surface area contributed by atoms with Crippen molar-refractivity contribution < 1.29 is 0 Å². The van der Waals surface area contributed by atoms with E-state index in [2.05, 4.69) is 60.0 Å². The van der Waals surface area contributed by atoms with Gasteiger partial charge in [-0.05, 0) is 42.7 Å². The van der Waals surface area contributed by atoms with Crippen molar-refractivity contribution in [2.24, 2.45) is 5.41 Å². The summed E-state index contributed by atoms with van der Waals surface area (Å²) in [6.45, 7) is 4.48. The molecule has 0 bridgehead atoms. The van der Waals surface area contributed by atoms with Gasteiger partial charge in [-0.3, -0.25) is 0 Å². The summed E-state index contributed by atoms with van der Waals surface area (Å²) in [6.07, 6.45) is 5.33. The Bertz CT molecular complexity index is 709. The summed E-state index contributed by atoms with van der Waals surface area (Å²) >= 11 is 0. The minimum absolute atomic E-state index is 0.367. The average Bonchev–Trinajstić information content (AvgIpc) is 3.41. The maximum absolute atomic E-state index is 5.80. The van der Waals surface area contributed by atoms with Crippen LogP contribution in [0.15, 0.2) is 54.6 Å². The quantitative estimate of drug-likeness (QED) is 0.717. The van der Waals surface area contributed by atoms with Crippen LogP contribution in [0.25, 0.3) is 0 Å². The summed E-state index contributed by atoms with van der Waals surface area (Å²) in [6, 6.07) is 20.2. The highest BCUT2D eigenvalue weighted by molar-refractivity contribution is 6.32. The lowest BCUT2D eigenvalue weighted by Gasteiger charge is -2.43. The zero-order valence-electron chi connectivity index (χ0n) is 15.7. The Hall–Kier alpha value is -1.58. The van der Waals surface area contributed by atoms with Crippen LogP contribution in [0.4, 0.5) is 0 Å². The van der Waals surface area contributed by atoms with Crippen molar-refractivity contribution in [2.75, 3.05) is 13.1 Å². The van der Waals surface area contributed by atoms with Crippen molar-refractivity contribution in [3.8, 4) is 0 Å². The third-order valence-electron chi connectivity index (χ3n) is 6.39. The number of rotatable bonds is 8. The lowest BCUT2D eigenvalue weighted by atomic mass is 9.68. The topological polar surface area (TPSA) is 24.1 Å². The maximum Gasteiger partial charge on any atom is 0.113 e. The van der Waals surface area contributed by atoms with Crippen molar-refractivity contribution in [1.29, 1.82) is 0 Å². The molecule has 2 aliphatic rings. The molecule has 0 spiro atoms. The minimum Gasteiger partial charge on any atom is -0.313 e. The molecule has 1 unspecified atom stereocenters. The SMILES string of the molecule is [B]c1ccc(C(C)NCC2(CN[C@H]3C[C@@H]3c3ccccc3)CCC2)cc1. The van der Waals surface area contributed by atoms with Crippen molar-refractivity contribution in [1.82, 2.24) is 10.6 Å². The highest BCUT2D eigenvalue weighted by Gasteiger charge is 2.42. The van der Waals surface area contributed by atoms with Gasteiger partial charge in [-0.15, -0.1) is 0 Å². The Morgan fingerprint density at radius 1 is 1.04 bits per heavy atom. The van der Waals surface area contributed by atoms with Crippen molar-refractivity contribution in [3.05, 3.63) is 65.7 Å². The zero-order valence-corrected chi connectivity index (χ0v) is 15.7. The second-order valence-corrected chi connectivity index (χ2v) is 8.36. The van der Waals surface area contributed by atoms with Gasteiger partial charge in [0.25, 0.3) is 0 Å². The predicted molar refractivity (Wildman–Crippen MR) is 110 cm³/mol. The third kappa shape index (κ3) is 4.05. The van der Waals surface area contributed by atoms with E-state index in [-0.39, 0.29) is 0 Å². The van der Waals surface area contributed by atoms with Gasteiger partial charge in [-0.25, -0.2) is 0 Å². The monoisotopic (exact) mass is 344 g/mol. The van der Waals surface area contributed by atoms with E-state index in [1.807, 2.05) is 12.1 Å². The summed E-state index contributed by atoms with van der Waals surface area (Å²) < 4.78 is 0. The molecule has 0 aliphatic heterocycles. The average molecular weight is 344 g/mol. The molecule has 2 aromatic carbocycles. The van der Waals surface area contributed by atoms with Gasteiger partial charge in [-0.2, -0.15) is 0 Å². The number of nitrogens with one attached hydrogen (secondary N) is 2. The maximum atomic E-state index is 5.80. The fraction of sp³-hybridized carbons (Fsp3) is 0.478. The van der Waals surface area contributed by atoms with Gasteiger partial charge in [0.1, 0.15) is 7.85 Å². The van der Waals surface area contributed by atoms with E-state index < -0.39 is 0 Å². The summed E-state index contributed by atoms with van der Waals surface area (Å²) in [5.74, 6) is 0.718. The molecule has 2 saturated carbocycles. The fourth-order valence-electron chi connectivity index (χ4n) is 4.20. The molecule has 26 heavy (non-hydrogen) atoms. The largest absolute Gasteiger partial charge is 0.313 e. The van der Waals surface area contributed by atoms with E-state index in [0.29, 0.717) is 17.5 Å². The Labute approximate surface area is 159 Å². The molecule has 134 valence electrons. The second kappa shape index (κ2) is 7.58. The van der Waals surface area contributed by atoms with Gasteiger partial charge >= 0.3 is 0 Å². The van der Waals surface area contributed by atoms with Gasteiger partial charge in [0.2, 0.25) is 0 Å². The van der Waals surface area contributed by atoms with Crippen LogP contribution in [0.3, 0.4) is 0 Å². The molecule has 2 aromatic rings. The highest BCUT2D eigenvalue weighted by atomic mass is 15.0. The molecule has 0 heterocycles. The lowest BCUT2D eigenvalue weighted by Crippen LogP contribution is -2.48. The smallest absolute Gasteiger partial charge is 0.113 e. The van der Waals surface area contributed by atoms with Crippen molar-refractivity contribution in [2.45, 2.75) is 50.6 Å². The van der Waals surface area contributed by atoms with E-state index in [1.54, 1.807) is 0 Å². The molecule has 0 saturated heterocycles. The normalized spacial score (nSPS) is 24.7. The molecule has 4 rings (SSSR count). The van der Waals surface area contributed by atoms with Gasteiger partial charge in [0, 0.05) is 31.1 Å². The molecular weight excluding hydrogens is 315 g/mol. The Morgan fingerprint density at radius 3 is 2.42 bits per heavy atom. The number of hydrogen-bond donors (Lipinski definition) is 2. The van der Waals surface area contributed by atoms with Crippen LogP contribution < -0.4 is 16.1 Å². The molecule has 0 amide bonds. The van der Waals surface area contributed by atoms with E-state index >= 15 is 0 Å². The van der Waals surface area contributed by atoms with E-state index in [0.717, 1.165) is 24.5 Å². The molecule has 2 aliphatic carbocycles.